The molecule has 2 rings (SSSR count). The molecule has 0 heterocycles. The van der Waals surface area contributed by atoms with E-state index in [9.17, 15) is 9.59 Å². The minimum absolute atomic E-state index is 0.000860. The topological polar surface area (TPSA) is 84.2 Å². The van der Waals surface area contributed by atoms with Crippen LogP contribution in [-0.2, 0) is 11.3 Å². The van der Waals surface area contributed by atoms with E-state index in [1.54, 1.807) is 12.1 Å². The summed E-state index contributed by atoms with van der Waals surface area (Å²) in [6.07, 6.45) is 0.793. The highest BCUT2D eigenvalue weighted by atomic mass is 16.2. The highest BCUT2D eigenvalue weighted by molar-refractivity contribution is 5.96. The summed E-state index contributed by atoms with van der Waals surface area (Å²) in [6.45, 7) is 6.13. The van der Waals surface area contributed by atoms with E-state index < -0.39 is 0 Å². The molecule has 2 amide bonds. The molecule has 0 radical (unpaired) electrons. The molecule has 2 aromatic rings. The van der Waals surface area contributed by atoms with Crippen LogP contribution in [0.3, 0.4) is 0 Å². The average Bonchev–Trinajstić information content (AvgIpc) is 2.61. The summed E-state index contributed by atoms with van der Waals surface area (Å²) >= 11 is 0. The number of nitrogens with two attached hydrogens (primary N) is 1. The van der Waals surface area contributed by atoms with Crippen LogP contribution in [0.15, 0.2) is 42.5 Å². The highest BCUT2D eigenvalue weighted by Gasteiger charge is 2.11. The average molecular weight is 339 g/mol. The standard InChI is InChI=1S/C20H25N3O2/c1-4-13(2)19(24)23-17-7-5-6-15(10-17)12-22-20(25)18-11-16(21)9-8-14(18)3/h5-11,13H,4,12,21H2,1-3H3,(H,22,25)(H,23,24). The SMILES string of the molecule is CCC(C)C(=O)Nc1cccc(CNC(=O)c2cc(N)ccc2C)c1. The van der Waals surface area contributed by atoms with Crippen molar-refractivity contribution < 1.29 is 9.59 Å². The quantitative estimate of drug-likeness (QED) is 0.704. The Morgan fingerprint density at radius 1 is 1.16 bits per heavy atom. The molecule has 0 saturated heterocycles. The third-order valence-electron chi connectivity index (χ3n) is 4.21. The minimum Gasteiger partial charge on any atom is -0.399 e. The first-order valence-corrected chi connectivity index (χ1v) is 8.44. The van der Waals surface area contributed by atoms with E-state index >= 15 is 0 Å². The Balaban J connectivity index is 2.01. The molecular formula is C20H25N3O2. The van der Waals surface area contributed by atoms with Gasteiger partial charge in [-0.05, 0) is 48.7 Å². The Labute approximate surface area is 148 Å². The van der Waals surface area contributed by atoms with Crippen LogP contribution in [0.4, 0.5) is 11.4 Å². The van der Waals surface area contributed by atoms with Gasteiger partial charge in [0.15, 0.2) is 0 Å². The number of amides is 2. The van der Waals surface area contributed by atoms with Crippen LogP contribution in [0.2, 0.25) is 0 Å². The zero-order valence-corrected chi connectivity index (χ0v) is 14.9. The van der Waals surface area contributed by atoms with Crippen molar-refractivity contribution >= 4 is 23.2 Å². The number of anilines is 2. The fourth-order valence-electron chi connectivity index (χ4n) is 2.37. The molecule has 1 atom stereocenters. The number of nitrogen functional groups attached to an aromatic ring is 1. The summed E-state index contributed by atoms with van der Waals surface area (Å²) in [7, 11) is 0. The van der Waals surface area contributed by atoms with Gasteiger partial charge in [0.1, 0.15) is 0 Å². The third-order valence-corrected chi connectivity index (χ3v) is 4.21. The van der Waals surface area contributed by atoms with Crippen LogP contribution in [0, 0.1) is 12.8 Å². The van der Waals surface area contributed by atoms with E-state index in [1.807, 2.05) is 51.1 Å². The maximum atomic E-state index is 12.3. The van der Waals surface area contributed by atoms with Crippen LogP contribution >= 0.6 is 0 Å². The normalized spacial score (nSPS) is 11.6. The summed E-state index contributed by atoms with van der Waals surface area (Å²) < 4.78 is 0. The van der Waals surface area contributed by atoms with Crippen LogP contribution in [0.25, 0.3) is 0 Å². The Bertz CT molecular complexity index is 771. The Morgan fingerprint density at radius 2 is 1.92 bits per heavy atom. The molecule has 1 unspecified atom stereocenters. The van der Waals surface area contributed by atoms with Gasteiger partial charge in [0, 0.05) is 29.4 Å². The molecule has 25 heavy (non-hydrogen) atoms. The number of hydrogen-bond donors (Lipinski definition) is 3. The van der Waals surface area contributed by atoms with Crippen LogP contribution < -0.4 is 16.4 Å². The van der Waals surface area contributed by atoms with Crippen molar-refractivity contribution in [1.29, 1.82) is 0 Å². The third kappa shape index (κ3) is 5.08. The molecule has 0 bridgehead atoms. The van der Waals surface area contributed by atoms with Crippen molar-refractivity contribution in [1.82, 2.24) is 5.32 Å². The zero-order valence-electron chi connectivity index (χ0n) is 14.9. The van der Waals surface area contributed by atoms with Crippen molar-refractivity contribution in [3.63, 3.8) is 0 Å². The maximum absolute atomic E-state index is 12.3. The number of benzene rings is 2. The van der Waals surface area contributed by atoms with E-state index in [-0.39, 0.29) is 17.7 Å². The smallest absolute Gasteiger partial charge is 0.251 e. The van der Waals surface area contributed by atoms with Crippen molar-refractivity contribution in [3.05, 3.63) is 59.2 Å². The lowest BCUT2D eigenvalue weighted by atomic mass is 10.1. The number of carbonyl (C=O) groups is 2. The Hall–Kier alpha value is -2.82. The molecule has 0 aliphatic carbocycles. The number of nitrogens with one attached hydrogen (secondary N) is 2. The first-order chi connectivity index (χ1) is 11.9. The number of aryl methyl sites for hydroxylation is 1. The second-order valence-corrected chi connectivity index (χ2v) is 6.26. The molecule has 132 valence electrons. The van der Waals surface area contributed by atoms with E-state index in [1.165, 1.54) is 0 Å². The predicted molar refractivity (Wildman–Crippen MR) is 101 cm³/mol. The van der Waals surface area contributed by atoms with Gasteiger partial charge in [-0.3, -0.25) is 9.59 Å². The molecule has 0 fully saturated rings. The molecule has 4 N–H and O–H groups in total. The van der Waals surface area contributed by atoms with Gasteiger partial charge in [-0.15, -0.1) is 0 Å². The van der Waals surface area contributed by atoms with Crippen molar-refractivity contribution in [3.8, 4) is 0 Å². The predicted octanol–water partition coefficient (Wildman–Crippen LogP) is 3.49. The van der Waals surface area contributed by atoms with Crippen molar-refractivity contribution in [2.45, 2.75) is 33.7 Å². The maximum Gasteiger partial charge on any atom is 0.251 e. The molecule has 0 aliphatic rings. The van der Waals surface area contributed by atoms with Gasteiger partial charge in [0.2, 0.25) is 5.91 Å². The fourth-order valence-corrected chi connectivity index (χ4v) is 2.37. The lowest BCUT2D eigenvalue weighted by Gasteiger charge is -2.12. The van der Waals surface area contributed by atoms with Gasteiger partial charge in [-0.1, -0.05) is 32.0 Å². The summed E-state index contributed by atoms with van der Waals surface area (Å²) in [5.41, 5.74) is 9.41. The monoisotopic (exact) mass is 339 g/mol. The van der Waals surface area contributed by atoms with Crippen LogP contribution in [0.5, 0.6) is 0 Å². The molecule has 2 aromatic carbocycles. The Morgan fingerprint density at radius 3 is 2.64 bits per heavy atom. The number of hydrogen-bond acceptors (Lipinski definition) is 3. The first kappa shape index (κ1) is 18.5. The second-order valence-electron chi connectivity index (χ2n) is 6.26. The van der Waals surface area contributed by atoms with Crippen LogP contribution in [-0.4, -0.2) is 11.8 Å². The van der Waals surface area contributed by atoms with Gasteiger partial charge in [-0.2, -0.15) is 0 Å². The molecule has 0 spiro atoms. The zero-order chi connectivity index (χ0) is 18.4. The van der Waals surface area contributed by atoms with Crippen LogP contribution in [0.1, 0.15) is 41.8 Å². The van der Waals surface area contributed by atoms with Gasteiger partial charge < -0.3 is 16.4 Å². The largest absolute Gasteiger partial charge is 0.399 e. The van der Waals surface area contributed by atoms with Gasteiger partial charge in [0.05, 0.1) is 0 Å². The molecule has 0 saturated carbocycles. The van der Waals surface area contributed by atoms with Crippen molar-refractivity contribution in [2.24, 2.45) is 5.92 Å². The van der Waals surface area contributed by atoms with Gasteiger partial charge >= 0.3 is 0 Å². The van der Waals surface area contributed by atoms with E-state index in [0.29, 0.717) is 17.8 Å². The highest BCUT2D eigenvalue weighted by Crippen LogP contribution is 2.15. The number of carbonyl (C=O) groups excluding carboxylic acids is 2. The summed E-state index contributed by atoms with van der Waals surface area (Å²) in [4.78, 5) is 24.3. The summed E-state index contributed by atoms with van der Waals surface area (Å²) in [5, 5.41) is 5.79. The van der Waals surface area contributed by atoms with Crippen molar-refractivity contribution in [2.75, 3.05) is 11.1 Å². The van der Waals surface area contributed by atoms with E-state index in [2.05, 4.69) is 10.6 Å². The first-order valence-electron chi connectivity index (χ1n) is 8.44. The molecule has 0 aliphatic heterocycles. The second kappa shape index (κ2) is 8.33. The molecule has 5 heteroatoms. The minimum atomic E-state index is -0.168. The summed E-state index contributed by atoms with van der Waals surface area (Å²) in [5.74, 6) is -0.201. The molecular weight excluding hydrogens is 314 g/mol. The lowest BCUT2D eigenvalue weighted by molar-refractivity contribution is -0.119. The molecule has 5 nitrogen and oxygen atoms in total. The van der Waals surface area contributed by atoms with Gasteiger partial charge in [0.25, 0.3) is 5.91 Å². The molecule has 0 aromatic heterocycles. The lowest BCUT2D eigenvalue weighted by Crippen LogP contribution is -2.24. The van der Waals surface area contributed by atoms with E-state index in [0.717, 1.165) is 23.2 Å². The fraction of sp³-hybridized carbons (Fsp3) is 0.300. The summed E-state index contributed by atoms with van der Waals surface area (Å²) in [6, 6.07) is 12.8. The number of rotatable bonds is 6. The van der Waals surface area contributed by atoms with E-state index in [4.69, 9.17) is 5.73 Å². The van der Waals surface area contributed by atoms with Gasteiger partial charge in [-0.25, -0.2) is 0 Å². The Kier molecular flexibility index (Phi) is 6.17.